The first-order chi connectivity index (χ1) is 6.79. The van der Waals surface area contributed by atoms with Crippen LogP contribution in [0.1, 0.15) is 9.67 Å². The van der Waals surface area contributed by atoms with Crippen molar-refractivity contribution in [1.29, 1.82) is 0 Å². The summed E-state index contributed by atoms with van der Waals surface area (Å²) in [4.78, 5) is 24.7. The summed E-state index contributed by atoms with van der Waals surface area (Å²) in [5.41, 5.74) is 1.60. The van der Waals surface area contributed by atoms with Crippen molar-refractivity contribution >= 4 is 17.6 Å². The Bertz CT molecular complexity index is 513. The maximum atomic E-state index is 11.0. The van der Waals surface area contributed by atoms with Crippen molar-refractivity contribution in [2.24, 2.45) is 0 Å². The van der Waals surface area contributed by atoms with Crippen molar-refractivity contribution in [2.75, 3.05) is 0 Å². The van der Waals surface area contributed by atoms with E-state index in [4.69, 9.17) is 0 Å². The van der Waals surface area contributed by atoms with Crippen LogP contribution in [0.5, 0.6) is 0 Å². The van der Waals surface area contributed by atoms with Crippen molar-refractivity contribution in [3.8, 4) is 11.1 Å². The van der Waals surface area contributed by atoms with Gasteiger partial charge >= 0.3 is 0 Å². The van der Waals surface area contributed by atoms with E-state index < -0.39 is 0 Å². The molecule has 4 heteroatoms. The molecule has 2 rings (SSSR count). The number of rotatable bonds is 2. The van der Waals surface area contributed by atoms with Crippen LogP contribution in [0, 0.1) is 0 Å². The van der Waals surface area contributed by atoms with Crippen molar-refractivity contribution in [1.82, 2.24) is 4.98 Å². The lowest BCUT2D eigenvalue weighted by atomic mass is 10.1. The fourth-order valence-electron chi connectivity index (χ4n) is 1.19. The van der Waals surface area contributed by atoms with Crippen molar-refractivity contribution in [3.63, 3.8) is 0 Å². The molecule has 0 fully saturated rings. The molecule has 2 aromatic heterocycles. The van der Waals surface area contributed by atoms with Gasteiger partial charge in [-0.05, 0) is 28.6 Å². The second kappa shape index (κ2) is 3.59. The Kier molecular flexibility index (Phi) is 2.28. The van der Waals surface area contributed by atoms with Crippen molar-refractivity contribution in [3.05, 3.63) is 45.0 Å². The lowest BCUT2D eigenvalue weighted by Crippen LogP contribution is -2.01. The van der Waals surface area contributed by atoms with Crippen LogP contribution in [-0.2, 0) is 0 Å². The van der Waals surface area contributed by atoms with Crippen LogP contribution in [0.4, 0.5) is 0 Å². The summed E-state index contributed by atoms with van der Waals surface area (Å²) >= 11 is 1.37. The van der Waals surface area contributed by atoms with Gasteiger partial charge in [0.05, 0.1) is 4.88 Å². The molecule has 0 unspecified atom stereocenters. The number of hydrogen-bond acceptors (Lipinski definition) is 3. The molecule has 0 spiro atoms. The number of carbonyl (C=O) groups excluding carboxylic acids is 1. The number of thiophene rings is 1. The average molecular weight is 205 g/mol. The van der Waals surface area contributed by atoms with Crippen LogP contribution >= 0.6 is 11.3 Å². The number of carbonyl (C=O) groups is 1. The quantitative estimate of drug-likeness (QED) is 0.761. The smallest absolute Gasteiger partial charge is 0.248 e. The fourth-order valence-corrected chi connectivity index (χ4v) is 1.91. The molecule has 0 saturated heterocycles. The Morgan fingerprint density at radius 2 is 2.14 bits per heavy atom. The standard InChI is InChI=1S/C10H7NO2S/c12-5-9-3-8(6-14-9)7-1-2-11-10(13)4-7/h1-6H,(H,11,13). The van der Waals surface area contributed by atoms with E-state index in [1.165, 1.54) is 17.4 Å². The summed E-state index contributed by atoms with van der Waals surface area (Å²) in [5, 5.41) is 1.86. The van der Waals surface area contributed by atoms with Gasteiger partial charge in [-0.3, -0.25) is 9.59 Å². The minimum absolute atomic E-state index is 0.138. The zero-order valence-corrected chi connectivity index (χ0v) is 8.01. The van der Waals surface area contributed by atoms with E-state index in [-0.39, 0.29) is 5.56 Å². The highest BCUT2D eigenvalue weighted by Gasteiger charge is 2.01. The number of aldehydes is 1. The molecule has 0 amide bonds. The average Bonchev–Trinajstić information content (AvgIpc) is 2.66. The van der Waals surface area contributed by atoms with E-state index in [9.17, 15) is 9.59 Å². The van der Waals surface area contributed by atoms with Crippen molar-refractivity contribution in [2.45, 2.75) is 0 Å². The Labute approximate surface area is 84.0 Å². The molecule has 0 atom stereocenters. The highest BCUT2D eigenvalue weighted by molar-refractivity contribution is 7.12. The highest BCUT2D eigenvalue weighted by atomic mass is 32.1. The monoisotopic (exact) mass is 205 g/mol. The minimum atomic E-state index is -0.138. The van der Waals surface area contributed by atoms with Gasteiger partial charge in [0.15, 0.2) is 6.29 Å². The topological polar surface area (TPSA) is 49.9 Å². The Balaban J connectivity index is 2.49. The fraction of sp³-hybridized carbons (Fsp3) is 0. The molecule has 14 heavy (non-hydrogen) atoms. The molecule has 0 aliphatic rings. The Morgan fingerprint density at radius 1 is 1.29 bits per heavy atom. The lowest BCUT2D eigenvalue weighted by molar-refractivity contribution is 0.112. The molecule has 0 aliphatic carbocycles. The van der Waals surface area contributed by atoms with Crippen LogP contribution in [-0.4, -0.2) is 11.3 Å². The summed E-state index contributed by atoms with van der Waals surface area (Å²) in [6, 6.07) is 5.08. The van der Waals surface area contributed by atoms with Crippen molar-refractivity contribution < 1.29 is 4.79 Å². The maximum absolute atomic E-state index is 11.0. The molecule has 0 bridgehead atoms. The van der Waals surface area contributed by atoms with Crippen LogP contribution in [0.2, 0.25) is 0 Å². The molecular weight excluding hydrogens is 198 g/mol. The predicted molar refractivity (Wildman–Crippen MR) is 55.8 cm³/mol. The van der Waals surface area contributed by atoms with Crippen LogP contribution in [0.25, 0.3) is 11.1 Å². The predicted octanol–water partition coefficient (Wildman–Crippen LogP) is 1.92. The van der Waals surface area contributed by atoms with Gasteiger partial charge < -0.3 is 4.98 Å². The summed E-state index contributed by atoms with van der Waals surface area (Å²) < 4.78 is 0. The molecule has 0 aliphatic heterocycles. The van der Waals surface area contributed by atoms with Gasteiger partial charge in [-0.25, -0.2) is 0 Å². The zero-order valence-electron chi connectivity index (χ0n) is 7.19. The van der Waals surface area contributed by atoms with Gasteiger partial charge in [0.25, 0.3) is 0 Å². The molecule has 2 heterocycles. The van der Waals surface area contributed by atoms with E-state index in [2.05, 4.69) is 4.98 Å². The molecule has 70 valence electrons. The van der Waals surface area contributed by atoms with E-state index in [0.29, 0.717) is 4.88 Å². The van der Waals surface area contributed by atoms with E-state index >= 15 is 0 Å². The zero-order chi connectivity index (χ0) is 9.97. The largest absolute Gasteiger partial charge is 0.329 e. The number of aromatic amines is 1. The molecule has 2 aromatic rings. The van der Waals surface area contributed by atoms with E-state index in [1.54, 1.807) is 18.3 Å². The number of hydrogen-bond donors (Lipinski definition) is 1. The molecule has 0 radical (unpaired) electrons. The van der Waals surface area contributed by atoms with Gasteiger partial charge in [-0.15, -0.1) is 11.3 Å². The van der Waals surface area contributed by atoms with Gasteiger partial charge in [0.2, 0.25) is 5.56 Å². The maximum Gasteiger partial charge on any atom is 0.248 e. The number of H-pyrrole nitrogens is 1. The number of nitrogens with one attached hydrogen (secondary N) is 1. The van der Waals surface area contributed by atoms with E-state index in [0.717, 1.165) is 17.4 Å². The van der Waals surface area contributed by atoms with Gasteiger partial charge in [-0.2, -0.15) is 0 Å². The lowest BCUT2D eigenvalue weighted by Gasteiger charge is -1.93. The van der Waals surface area contributed by atoms with Crippen LogP contribution < -0.4 is 5.56 Å². The van der Waals surface area contributed by atoms with Gasteiger partial charge in [0, 0.05) is 12.3 Å². The summed E-state index contributed by atoms with van der Waals surface area (Å²) in [5.74, 6) is 0. The minimum Gasteiger partial charge on any atom is -0.329 e. The first-order valence-corrected chi connectivity index (χ1v) is 4.90. The first-order valence-electron chi connectivity index (χ1n) is 4.02. The SMILES string of the molecule is O=Cc1cc(-c2cc[nH]c(=O)c2)cs1. The highest BCUT2D eigenvalue weighted by Crippen LogP contribution is 2.22. The van der Waals surface area contributed by atoms with Gasteiger partial charge in [-0.1, -0.05) is 0 Å². The third-order valence-corrected chi connectivity index (χ3v) is 2.70. The number of pyridine rings is 1. The molecule has 0 aromatic carbocycles. The number of aromatic nitrogens is 1. The second-order valence-corrected chi connectivity index (χ2v) is 3.74. The summed E-state index contributed by atoms with van der Waals surface area (Å²) in [7, 11) is 0. The summed E-state index contributed by atoms with van der Waals surface area (Å²) in [6.07, 6.45) is 2.40. The third-order valence-electron chi connectivity index (χ3n) is 1.84. The third kappa shape index (κ3) is 1.65. The molecular formula is C10H7NO2S. The van der Waals surface area contributed by atoms with Crippen LogP contribution in [0.15, 0.2) is 34.6 Å². The second-order valence-electron chi connectivity index (χ2n) is 2.80. The van der Waals surface area contributed by atoms with E-state index in [1.807, 2.05) is 5.38 Å². The molecule has 0 saturated carbocycles. The van der Waals surface area contributed by atoms with Crippen LogP contribution in [0.3, 0.4) is 0 Å². The first kappa shape index (κ1) is 8.90. The normalized spacial score (nSPS) is 10.0. The molecule has 1 N–H and O–H groups in total. The Hall–Kier alpha value is -1.68. The Morgan fingerprint density at radius 3 is 2.79 bits per heavy atom. The van der Waals surface area contributed by atoms with Gasteiger partial charge in [0.1, 0.15) is 0 Å². The molecule has 3 nitrogen and oxygen atoms in total. The summed E-state index contributed by atoms with van der Waals surface area (Å²) in [6.45, 7) is 0.